The van der Waals surface area contributed by atoms with E-state index in [0.29, 0.717) is 6.54 Å². The Bertz CT molecular complexity index is 617. The summed E-state index contributed by atoms with van der Waals surface area (Å²) in [5.41, 5.74) is 0.0595. The number of nitrogens with zero attached hydrogens (tertiary/aromatic N) is 3. The second-order valence-electron chi connectivity index (χ2n) is 4.97. The van der Waals surface area contributed by atoms with Gasteiger partial charge in [0.05, 0.1) is 11.3 Å². The van der Waals surface area contributed by atoms with Gasteiger partial charge in [0.25, 0.3) is 0 Å². The maximum absolute atomic E-state index is 13.0. The third kappa shape index (κ3) is 3.53. The molecule has 0 aliphatic heterocycles. The summed E-state index contributed by atoms with van der Waals surface area (Å²) in [4.78, 5) is 4.17. The van der Waals surface area contributed by atoms with E-state index in [1.165, 1.54) is 4.68 Å². The van der Waals surface area contributed by atoms with Crippen LogP contribution in [0.2, 0.25) is 0 Å². The van der Waals surface area contributed by atoms with E-state index in [1.54, 1.807) is 19.2 Å². The average molecular weight is 298 g/mol. The summed E-state index contributed by atoms with van der Waals surface area (Å²) in [6, 6.07) is 3.78. The first-order chi connectivity index (χ1) is 9.81. The molecular weight excluding hydrogens is 281 g/mol. The highest BCUT2D eigenvalue weighted by atomic mass is 19.4. The van der Waals surface area contributed by atoms with Gasteiger partial charge in [-0.15, -0.1) is 0 Å². The molecular formula is C14H17F3N4. The van der Waals surface area contributed by atoms with E-state index in [9.17, 15) is 13.2 Å². The zero-order valence-electron chi connectivity index (χ0n) is 12.1. The van der Waals surface area contributed by atoms with Gasteiger partial charge in [0.2, 0.25) is 0 Å². The smallest absolute Gasteiger partial charge is 0.370 e. The summed E-state index contributed by atoms with van der Waals surface area (Å²) in [7, 11) is 0. The van der Waals surface area contributed by atoms with Gasteiger partial charge in [0.15, 0.2) is 5.82 Å². The molecule has 0 bridgehead atoms. The molecule has 114 valence electrons. The van der Waals surface area contributed by atoms with Crippen LogP contribution >= 0.6 is 0 Å². The standard InChI is InChI=1S/C14H17F3N4/c1-4-18-12-7-10(14(15,16)17)8-13(19-12)21-6-5-11(20-21)9(2)3/h5-9H,4H2,1-3H3,(H,18,19). The molecule has 2 aromatic rings. The Balaban J connectivity index is 2.48. The van der Waals surface area contributed by atoms with E-state index in [4.69, 9.17) is 0 Å². The third-order valence-corrected chi connectivity index (χ3v) is 2.93. The lowest BCUT2D eigenvalue weighted by atomic mass is 10.1. The number of anilines is 1. The zero-order valence-corrected chi connectivity index (χ0v) is 12.1. The Hall–Kier alpha value is -2.05. The Labute approximate surface area is 121 Å². The maximum Gasteiger partial charge on any atom is 0.416 e. The Morgan fingerprint density at radius 1 is 1.29 bits per heavy atom. The van der Waals surface area contributed by atoms with Crippen molar-refractivity contribution in [3.05, 3.63) is 35.7 Å². The van der Waals surface area contributed by atoms with Gasteiger partial charge in [-0.3, -0.25) is 0 Å². The molecule has 2 rings (SSSR count). The van der Waals surface area contributed by atoms with Crippen LogP contribution in [0.4, 0.5) is 19.0 Å². The third-order valence-electron chi connectivity index (χ3n) is 2.93. The highest BCUT2D eigenvalue weighted by Crippen LogP contribution is 2.31. The quantitative estimate of drug-likeness (QED) is 0.932. The molecule has 7 heteroatoms. The fraction of sp³-hybridized carbons (Fsp3) is 0.429. The molecule has 0 spiro atoms. The van der Waals surface area contributed by atoms with Gasteiger partial charge in [-0.25, -0.2) is 9.67 Å². The summed E-state index contributed by atoms with van der Waals surface area (Å²) < 4.78 is 40.2. The van der Waals surface area contributed by atoms with Crippen LogP contribution in [0, 0.1) is 0 Å². The molecule has 0 fully saturated rings. The molecule has 0 atom stereocenters. The first-order valence-electron chi connectivity index (χ1n) is 6.70. The number of hydrogen-bond donors (Lipinski definition) is 1. The molecule has 0 radical (unpaired) electrons. The molecule has 2 heterocycles. The van der Waals surface area contributed by atoms with Crippen LogP contribution in [0.5, 0.6) is 0 Å². The Morgan fingerprint density at radius 2 is 2.00 bits per heavy atom. The van der Waals surface area contributed by atoms with E-state index in [-0.39, 0.29) is 17.6 Å². The number of halogens is 3. The number of hydrogen-bond acceptors (Lipinski definition) is 3. The van der Waals surface area contributed by atoms with Crippen molar-refractivity contribution in [1.82, 2.24) is 14.8 Å². The van der Waals surface area contributed by atoms with Crippen LogP contribution in [0.15, 0.2) is 24.4 Å². The minimum absolute atomic E-state index is 0.146. The fourth-order valence-corrected chi connectivity index (χ4v) is 1.84. The number of rotatable bonds is 4. The van der Waals surface area contributed by atoms with Crippen molar-refractivity contribution in [2.75, 3.05) is 11.9 Å². The summed E-state index contributed by atoms with van der Waals surface area (Å²) >= 11 is 0. The van der Waals surface area contributed by atoms with Crippen LogP contribution in [-0.4, -0.2) is 21.3 Å². The van der Waals surface area contributed by atoms with Gasteiger partial charge in [0, 0.05) is 12.7 Å². The van der Waals surface area contributed by atoms with E-state index in [2.05, 4.69) is 15.4 Å². The molecule has 21 heavy (non-hydrogen) atoms. The number of nitrogens with one attached hydrogen (secondary N) is 1. The number of aromatic nitrogens is 3. The van der Waals surface area contributed by atoms with Crippen LogP contribution in [0.1, 0.15) is 37.9 Å². The second-order valence-corrected chi connectivity index (χ2v) is 4.97. The van der Waals surface area contributed by atoms with E-state index >= 15 is 0 Å². The molecule has 0 aliphatic rings. The molecule has 0 aliphatic carbocycles. The lowest BCUT2D eigenvalue weighted by Gasteiger charge is -2.12. The number of alkyl halides is 3. The first-order valence-corrected chi connectivity index (χ1v) is 6.70. The SMILES string of the molecule is CCNc1cc(C(F)(F)F)cc(-n2ccc(C(C)C)n2)n1. The molecule has 0 unspecified atom stereocenters. The van der Waals surface area contributed by atoms with Gasteiger partial charge in [-0.1, -0.05) is 13.8 Å². The van der Waals surface area contributed by atoms with E-state index < -0.39 is 11.7 Å². The van der Waals surface area contributed by atoms with Gasteiger partial charge < -0.3 is 5.32 Å². The minimum Gasteiger partial charge on any atom is -0.370 e. The highest BCUT2D eigenvalue weighted by molar-refractivity contribution is 5.44. The van der Waals surface area contributed by atoms with Gasteiger partial charge in [0.1, 0.15) is 5.82 Å². The lowest BCUT2D eigenvalue weighted by Crippen LogP contribution is -2.11. The van der Waals surface area contributed by atoms with Crippen LogP contribution in [0.3, 0.4) is 0 Å². The minimum atomic E-state index is -4.42. The van der Waals surface area contributed by atoms with Crippen molar-refractivity contribution in [2.24, 2.45) is 0 Å². The lowest BCUT2D eigenvalue weighted by molar-refractivity contribution is -0.137. The normalized spacial score (nSPS) is 12.0. The zero-order chi connectivity index (χ0) is 15.6. The van der Waals surface area contributed by atoms with E-state index in [1.807, 2.05) is 13.8 Å². The predicted molar refractivity (Wildman–Crippen MR) is 74.6 cm³/mol. The molecule has 4 nitrogen and oxygen atoms in total. The van der Waals surface area contributed by atoms with Crippen LogP contribution in [-0.2, 0) is 6.18 Å². The summed E-state index contributed by atoms with van der Waals surface area (Å²) in [6.07, 6.45) is -2.80. The summed E-state index contributed by atoms with van der Waals surface area (Å²) in [6.45, 7) is 6.23. The first kappa shape index (κ1) is 15.3. The predicted octanol–water partition coefficient (Wildman–Crippen LogP) is 3.84. The average Bonchev–Trinajstić information content (AvgIpc) is 2.87. The summed E-state index contributed by atoms with van der Waals surface area (Å²) in [5.74, 6) is 0.530. The highest BCUT2D eigenvalue weighted by Gasteiger charge is 2.32. The van der Waals surface area contributed by atoms with Crippen molar-refractivity contribution in [2.45, 2.75) is 32.9 Å². The largest absolute Gasteiger partial charge is 0.416 e. The molecule has 1 N–H and O–H groups in total. The molecule has 2 aromatic heterocycles. The van der Waals surface area contributed by atoms with Crippen molar-refractivity contribution in [1.29, 1.82) is 0 Å². The second kappa shape index (κ2) is 5.75. The molecule has 0 saturated carbocycles. The van der Waals surface area contributed by atoms with Crippen molar-refractivity contribution < 1.29 is 13.2 Å². The molecule has 0 amide bonds. The Morgan fingerprint density at radius 3 is 2.52 bits per heavy atom. The number of pyridine rings is 1. The fourth-order valence-electron chi connectivity index (χ4n) is 1.84. The summed E-state index contributed by atoms with van der Waals surface area (Å²) in [5, 5.41) is 7.07. The van der Waals surface area contributed by atoms with Crippen molar-refractivity contribution >= 4 is 5.82 Å². The monoisotopic (exact) mass is 298 g/mol. The molecule has 0 aromatic carbocycles. The van der Waals surface area contributed by atoms with E-state index in [0.717, 1.165) is 17.8 Å². The van der Waals surface area contributed by atoms with Crippen molar-refractivity contribution in [3.63, 3.8) is 0 Å². The Kier molecular flexibility index (Phi) is 4.20. The van der Waals surface area contributed by atoms with Crippen molar-refractivity contribution in [3.8, 4) is 5.82 Å². The van der Waals surface area contributed by atoms with Gasteiger partial charge in [-0.2, -0.15) is 18.3 Å². The van der Waals surface area contributed by atoms with Gasteiger partial charge >= 0.3 is 6.18 Å². The van der Waals surface area contributed by atoms with Crippen LogP contribution < -0.4 is 5.32 Å². The van der Waals surface area contributed by atoms with Gasteiger partial charge in [-0.05, 0) is 31.0 Å². The maximum atomic E-state index is 13.0. The topological polar surface area (TPSA) is 42.7 Å². The van der Waals surface area contributed by atoms with Crippen LogP contribution in [0.25, 0.3) is 5.82 Å². The molecule has 0 saturated heterocycles.